The highest BCUT2D eigenvalue weighted by atomic mass is 35.5. The zero-order valence-electron chi connectivity index (χ0n) is 17.7. The lowest BCUT2D eigenvalue weighted by atomic mass is 9.98. The molecule has 33 heavy (non-hydrogen) atoms. The number of carbonyl (C=O) groups is 1. The third-order valence-corrected chi connectivity index (χ3v) is 7.37. The molecule has 0 aliphatic carbocycles. The van der Waals surface area contributed by atoms with Crippen molar-refractivity contribution in [1.29, 1.82) is 0 Å². The number of ether oxygens (including phenoxy) is 3. The first kappa shape index (κ1) is 23.8. The SMILES string of the molecule is O=C(NCC[C@@H]1CC[C@@H](NS(=O)(=O)c2ccc(Cl)cc2)[C@H](CO)O1)c1ccc2c(c1)OCO2. The summed E-state index contributed by atoms with van der Waals surface area (Å²) in [4.78, 5) is 12.5. The fourth-order valence-electron chi connectivity index (χ4n) is 3.85. The number of benzene rings is 2. The zero-order chi connectivity index (χ0) is 23.4. The lowest BCUT2D eigenvalue weighted by molar-refractivity contribution is -0.0871. The van der Waals surface area contributed by atoms with Crippen LogP contribution in [0.15, 0.2) is 47.4 Å². The molecule has 2 aromatic rings. The molecule has 0 spiro atoms. The molecule has 0 aromatic heterocycles. The molecule has 2 aliphatic heterocycles. The Morgan fingerprint density at radius 3 is 2.61 bits per heavy atom. The number of aliphatic hydroxyl groups is 1. The van der Waals surface area contributed by atoms with Crippen LogP contribution >= 0.6 is 11.6 Å². The van der Waals surface area contributed by atoms with E-state index in [-0.39, 0.29) is 30.3 Å². The number of rotatable bonds is 8. The van der Waals surface area contributed by atoms with Crippen molar-refractivity contribution in [1.82, 2.24) is 10.0 Å². The summed E-state index contributed by atoms with van der Waals surface area (Å²) in [5, 5.41) is 13.0. The van der Waals surface area contributed by atoms with Crippen LogP contribution in [0, 0.1) is 0 Å². The van der Waals surface area contributed by atoms with Crippen molar-refractivity contribution < 1.29 is 32.5 Å². The van der Waals surface area contributed by atoms with Crippen LogP contribution in [0.25, 0.3) is 0 Å². The fraction of sp³-hybridized carbons (Fsp3) is 0.409. The molecule has 0 bridgehead atoms. The number of aliphatic hydroxyl groups excluding tert-OH is 1. The maximum Gasteiger partial charge on any atom is 0.251 e. The van der Waals surface area contributed by atoms with E-state index in [0.29, 0.717) is 47.9 Å². The molecule has 178 valence electrons. The quantitative estimate of drug-likeness (QED) is 0.511. The van der Waals surface area contributed by atoms with Gasteiger partial charge in [0.05, 0.1) is 29.8 Å². The summed E-state index contributed by atoms with van der Waals surface area (Å²) in [5.74, 6) is 0.908. The summed E-state index contributed by atoms with van der Waals surface area (Å²) in [7, 11) is -3.78. The van der Waals surface area contributed by atoms with Crippen molar-refractivity contribution in [3.05, 3.63) is 53.1 Å². The van der Waals surface area contributed by atoms with Gasteiger partial charge in [0, 0.05) is 17.1 Å². The lowest BCUT2D eigenvalue weighted by Crippen LogP contribution is -2.51. The normalized spacial score (nSPS) is 22.2. The second-order valence-electron chi connectivity index (χ2n) is 7.85. The van der Waals surface area contributed by atoms with Gasteiger partial charge in [0.2, 0.25) is 16.8 Å². The van der Waals surface area contributed by atoms with Gasteiger partial charge in [-0.25, -0.2) is 13.1 Å². The average molecular weight is 497 g/mol. The average Bonchev–Trinajstić information content (AvgIpc) is 3.28. The Bertz CT molecular complexity index is 1090. The van der Waals surface area contributed by atoms with Gasteiger partial charge in [-0.15, -0.1) is 0 Å². The second kappa shape index (κ2) is 10.3. The summed E-state index contributed by atoms with van der Waals surface area (Å²) >= 11 is 5.83. The van der Waals surface area contributed by atoms with Crippen LogP contribution in [0.3, 0.4) is 0 Å². The molecule has 1 fully saturated rings. The molecule has 3 atom stereocenters. The minimum atomic E-state index is -3.78. The van der Waals surface area contributed by atoms with Crippen molar-refractivity contribution in [2.45, 2.75) is 42.4 Å². The summed E-state index contributed by atoms with van der Waals surface area (Å²) in [6, 6.07) is 10.3. The van der Waals surface area contributed by atoms with E-state index in [2.05, 4.69) is 10.0 Å². The van der Waals surface area contributed by atoms with Gasteiger partial charge < -0.3 is 24.6 Å². The van der Waals surface area contributed by atoms with Crippen molar-refractivity contribution in [2.24, 2.45) is 0 Å². The van der Waals surface area contributed by atoms with Gasteiger partial charge in [0.15, 0.2) is 11.5 Å². The number of hydrogen-bond acceptors (Lipinski definition) is 7. The van der Waals surface area contributed by atoms with Crippen LogP contribution in [0.2, 0.25) is 5.02 Å². The predicted octanol–water partition coefficient (Wildman–Crippen LogP) is 2.08. The van der Waals surface area contributed by atoms with Crippen LogP contribution in [-0.4, -0.2) is 57.6 Å². The Morgan fingerprint density at radius 2 is 1.85 bits per heavy atom. The number of fused-ring (bicyclic) bond motifs is 1. The van der Waals surface area contributed by atoms with Crippen LogP contribution in [0.5, 0.6) is 11.5 Å². The van der Waals surface area contributed by atoms with Crippen molar-refractivity contribution in [3.8, 4) is 11.5 Å². The largest absolute Gasteiger partial charge is 0.454 e. The number of nitrogens with one attached hydrogen (secondary N) is 2. The van der Waals surface area contributed by atoms with E-state index in [1.165, 1.54) is 24.3 Å². The minimum Gasteiger partial charge on any atom is -0.454 e. The Morgan fingerprint density at radius 1 is 1.09 bits per heavy atom. The molecular weight excluding hydrogens is 472 g/mol. The second-order valence-corrected chi connectivity index (χ2v) is 10.0. The first-order chi connectivity index (χ1) is 15.9. The van der Waals surface area contributed by atoms with Gasteiger partial charge >= 0.3 is 0 Å². The number of hydrogen-bond donors (Lipinski definition) is 3. The van der Waals surface area contributed by atoms with E-state index >= 15 is 0 Å². The van der Waals surface area contributed by atoms with E-state index in [9.17, 15) is 18.3 Å². The molecule has 1 saturated heterocycles. The molecular formula is C22H25ClN2O7S. The van der Waals surface area contributed by atoms with Crippen molar-refractivity contribution in [3.63, 3.8) is 0 Å². The molecule has 2 aromatic carbocycles. The number of amides is 1. The fourth-order valence-corrected chi connectivity index (χ4v) is 5.27. The first-order valence-electron chi connectivity index (χ1n) is 10.6. The Balaban J connectivity index is 1.27. The summed E-state index contributed by atoms with van der Waals surface area (Å²) in [5.41, 5.74) is 0.466. The third-order valence-electron chi connectivity index (χ3n) is 5.61. The monoisotopic (exact) mass is 496 g/mol. The summed E-state index contributed by atoms with van der Waals surface area (Å²) in [6.45, 7) is 0.188. The smallest absolute Gasteiger partial charge is 0.251 e. The molecule has 0 radical (unpaired) electrons. The lowest BCUT2D eigenvalue weighted by Gasteiger charge is -2.36. The molecule has 9 nitrogen and oxygen atoms in total. The molecule has 3 N–H and O–H groups in total. The molecule has 0 saturated carbocycles. The van der Waals surface area contributed by atoms with Crippen molar-refractivity contribution in [2.75, 3.05) is 19.9 Å². The van der Waals surface area contributed by atoms with E-state index in [4.69, 9.17) is 25.8 Å². The van der Waals surface area contributed by atoms with Gasteiger partial charge in [-0.3, -0.25) is 4.79 Å². The maximum absolute atomic E-state index is 12.7. The number of sulfonamides is 1. The zero-order valence-corrected chi connectivity index (χ0v) is 19.3. The van der Waals surface area contributed by atoms with Crippen LogP contribution in [0.4, 0.5) is 0 Å². The Labute approximate surface area is 197 Å². The van der Waals surface area contributed by atoms with Gasteiger partial charge in [0.1, 0.15) is 0 Å². The van der Waals surface area contributed by atoms with Gasteiger partial charge in [0.25, 0.3) is 5.91 Å². The van der Waals surface area contributed by atoms with Gasteiger partial charge in [-0.05, 0) is 61.7 Å². The van der Waals surface area contributed by atoms with Crippen molar-refractivity contribution >= 4 is 27.5 Å². The standard InChI is InChI=1S/C22H25ClN2O7S/c23-15-2-5-17(6-3-15)33(28,29)25-18-7-4-16(32-21(18)12-26)9-10-24-22(27)14-1-8-19-20(11-14)31-13-30-19/h1-3,5-6,8,11,16,18,21,25-26H,4,7,9-10,12-13H2,(H,24,27)/t16-,18+,21-/m0/s1. The topological polar surface area (TPSA) is 123 Å². The Kier molecular flexibility index (Phi) is 7.40. The van der Waals surface area contributed by atoms with Gasteiger partial charge in [-0.1, -0.05) is 11.6 Å². The molecule has 2 heterocycles. The number of halogens is 1. The van der Waals surface area contributed by atoms with E-state index in [0.717, 1.165) is 0 Å². The van der Waals surface area contributed by atoms with E-state index < -0.39 is 22.2 Å². The van der Waals surface area contributed by atoms with E-state index in [1.807, 2.05) is 0 Å². The molecule has 4 rings (SSSR count). The third kappa shape index (κ3) is 5.77. The molecule has 11 heteroatoms. The highest BCUT2D eigenvalue weighted by Gasteiger charge is 2.34. The highest BCUT2D eigenvalue weighted by molar-refractivity contribution is 7.89. The molecule has 0 unspecified atom stereocenters. The van der Waals surface area contributed by atoms with Crippen LogP contribution in [-0.2, 0) is 14.8 Å². The molecule has 1 amide bonds. The van der Waals surface area contributed by atoms with E-state index in [1.54, 1.807) is 18.2 Å². The van der Waals surface area contributed by atoms with Crippen LogP contribution < -0.4 is 19.5 Å². The minimum absolute atomic E-state index is 0.0944. The summed E-state index contributed by atoms with van der Waals surface area (Å²) in [6.07, 6.45) is 0.720. The summed E-state index contributed by atoms with van der Waals surface area (Å²) < 4.78 is 44.4. The van der Waals surface area contributed by atoms with Crippen LogP contribution in [0.1, 0.15) is 29.6 Å². The maximum atomic E-state index is 12.7. The van der Waals surface area contributed by atoms with Gasteiger partial charge in [-0.2, -0.15) is 0 Å². The Hall–Kier alpha value is -2.37. The predicted molar refractivity (Wildman–Crippen MR) is 120 cm³/mol. The molecule has 2 aliphatic rings. The highest BCUT2D eigenvalue weighted by Crippen LogP contribution is 2.32. The first-order valence-corrected chi connectivity index (χ1v) is 12.4. The number of carbonyl (C=O) groups excluding carboxylic acids is 1.